The number of hydrogen-bond acceptors (Lipinski definition) is 7. The van der Waals surface area contributed by atoms with E-state index in [1.54, 1.807) is 31.5 Å². The van der Waals surface area contributed by atoms with Gasteiger partial charge in [0.1, 0.15) is 11.3 Å². The van der Waals surface area contributed by atoms with E-state index in [1.807, 2.05) is 31.2 Å². The van der Waals surface area contributed by atoms with Crippen LogP contribution in [0.15, 0.2) is 60.9 Å². The monoisotopic (exact) mass is 448 g/mol. The summed E-state index contributed by atoms with van der Waals surface area (Å²) in [6.07, 6.45) is 3.34. The van der Waals surface area contributed by atoms with Crippen molar-refractivity contribution < 1.29 is 14.5 Å². The van der Waals surface area contributed by atoms with Gasteiger partial charge in [0, 0.05) is 29.6 Å². The van der Waals surface area contributed by atoms with Crippen molar-refractivity contribution >= 4 is 38.3 Å². The Hall–Kier alpha value is -3.85. The Morgan fingerprint density at radius 3 is 2.72 bits per heavy atom. The zero-order chi connectivity index (χ0) is 22.7. The van der Waals surface area contributed by atoms with Gasteiger partial charge in [-0.3, -0.25) is 24.8 Å². The molecule has 4 aromatic rings. The van der Waals surface area contributed by atoms with Crippen LogP contribution in [0.4, 0.5) is 10.8 Å². The van der Waals surface area contributed by atoms with E-state index in [-0.39, 0.29) is 23.7 Å². The van der Waals surface area contributed by atoms with Gasteiger partial charge in [-0.25, -0.2) is 4.98 Å². The minimum atomic E-state index is -0.483. The van der Waals surface area contributed by atoms with E-state index < -0.39 is 4.92 Å². The minimum Gasteiger partial charge on any atom is -0.492 e. The number of anilines is 1. The molecule has 0 bridgehead atoms. The summed E-state index contributed by atoms with van der Waals surface area (Å²) in [6, 6.07) is 13.8. The molecule has 0 N–H and O–H groups in total. The molecule has 4 rings (SSSR count). The summed E-state index contributed by atoms with van der Waals surface area (Å²) in [4.78, 5) is 34.9. The maximum atomic E-state index is 13.7. The second-order valence-corrected chi connectivity index (χ2v) is 8.00. The Bertz CT molecular complexity index is 1290. The molecule has 0 fully saturated rings. The van der Waals surface area contributed by atoms with Gasteiger partial charge in [-0.1, -0.05) is 29.5 Å². The van der Waals surface area contributed by atoms with Crippen LogP contribution in [0.25, 0.3) is 10.2 Å². The van der Waals surface area contributed by atoms with Gasteiger partial charge in [-0.05, 0) is 43.7 Å². The second-order valence-electron chi connectivity index (χ2n) is 6.99. The standard InChI is InChI=1S/C23H20N4O4S/c1-3-31-19-10-5-11-20-21(19)25-23(32-20)26(14-16-7-6-12-24-13-16)22(28)17-8-4-9-18(15(17)2)27(29)30/h4-13H,3,14H2,1-2H3. The normalized spacial score (nSPS) is 10.8. The number of carbonyl (C=O) groups excluding carboxylic acids is 1. The van der Waals surface area contributed by atoms with Crippen LogP contribution in [-0.4, -0.2) is 27.4 Å². The molecular weight excluding hydrogens is 428 g/mol. The molecule has 0 radical (unpaired) electrons. The highest BCUT2D eigenvalue weighted by molar-refractivity contribution is 7.22. The highest BCUT2D eigenvalue weighted by Gasteiger charge is 2.26. The molecular formula is C23H20N4O4S. The zero-order valence-electron chi connectivity index (χ0n) is 17.5. The Kier molecular flexibility index (Phi) is 6.09. The smallest absolute Gasteiger partial charge is 0.273 e. The first-order valence-electron chi connectivity index (χ1n) is 9.96. The van der Waals surface area contributed by atoms with Crippen LogP contribution >= 0.6 is 11.3 Å². The molecule has 8 nitrogen and oxygen atoms in total. The Morgan fingerprint density at radius 1 is 1.19 bits per heavy atom. The third-order valence-electron chi connectivity index (χ3n) is 4.94. The molecule has 2 heterocycles. The number of para-hydroxylation sites is 1. The van der Waals surface area contributed by atoms with E-state index in [4.69, 9.17) is 9.72 Å². The summed E-state index contributed by atoms with van der Waals surface area (Å²) in [5, 5.41) is 11.9. The second kappa shape index (κ2) is 9.11. The first kappa shape index (κ1) is 21.4. The molecule has 162 valence electrons. The van der Waals surface area contributed by atoms with Crippen molar-refractivity contribution in [3.63, 3.8) is 0 Å². The number of hydrogen-bond donors (Lipinski definition) is 0. The van der Waals surface area contributed by atoms with Crippen LogP contribution in [0, 0.1) is 17.0 Å². The van der Waals surface area contributed by atoms with Gasteiger partial charge in [-0.2, -0.15) is 0 Å². The van der Waals surface area contributed by atoms with E-state index in [9.17, 15) is 14.9 Å². The molecule has 2 aromatic heterocycles. The van der Waals surface area contributed by atoms with Crippen molar-refractivity contribution in [3.05, 3.63) is 87.7 Å². The van der Waals surface area contributed by atoms with Crippen molar-refractivity contribution in [2.45, 2.75) is 20.4 Å². The van der Waals surface area contributed by atoms with E-state index in [2.05, 4.69) is 4.98 Å². The molecule has 2 aromatic carbocycles. The van der Waals surface area contributed by atoms with Gasteiger partial charge in [0.05, 0.1) is 22.8 Å². The van der Waals surface area contributed by atoms with Gasteiger partial charge in [0.15, 0.2) is 5.13 Å². The summed E-state index contributed by atoms with van der Waals surface area (Å²) in [7, 11) is 0. The van der Waals surface area contributed by atoms with Crippen molar-refractivity contribution in [3.8, 4) is 5.75 Å². The molecule has 0 aliphatic carbocycles. The number of fused-ring (bicyclic) bond motifs is 1. The molecule has 0 atom stereocenters. The third kappa shape index (κ3) is 4.15. The fraction of sp³-hybridized carbons (Fsp3) is 0.174. The predicted molar refractivity (Wildman–Crippen MR) is 123 cm³/mol. The largest absolute Gasteiger partial charge is 0.492 e. The number of benzene rings is 2. The molecule has 0 spiro atoms. The number of nitro benzene ring substituents is 1. The van der Waals surface area contributed by atoms with Crippen LogP contribution < -0.4 is 9.64 Å². The molecule has 0 aliphatic rings. The van der Waals surface area contributed by atoms with Gasteiger partial charge in [0.2, 0.25) is 0 Å². The van der Waals surface area contributed by atoms with Gasteiger partial charge in [-0.15, -0.1) is 0 Å². The topological polar surface area (TPSA) is 98.5 Å². The van der Waals surface area contributed by atoms with Crippen LogP contribution in [0.2, 0.25) is 0 Å². The van der Waals surface area contributed by atoms with Crippen molar-refractivity contribution in [1.29, 1.82) is 0 Å². The average Bonchev–Trinajstić information content (AvgIpc) is 3.23. The van der Waals surface area contributed by atoms with Crippen LogP contribution in [-0.2, 0) is 6.54 Å². The average molecular weight is 449 g/mol. The number of nitro groups is 1. The summed E-state index contributed by atoms with van der Waals surface area (Å²) >= 11 is 1.36. The molecule has 0 unspecified atom stereocenters. The lowest BCUT2D eigenvalue weighted by Gasteiger charge is -2.21. The highest BCUT2D eigenvalue weighted by Crippen LogP contribution is 2.36. The van der Waals surface area contributed by atoms with Crippen molar-refractivity contribution in [2.24, 2.45) is 0 Å². The van der Waals surface area contributed by atoms with Crippen LogP contribution in [0.1, 0.15) is 28.4 Å². The van der Waals surface area contributed by atoms with Gasteiger partial charge < -0.3 is 4.74 Å². The minimum absolute atomic E-state index is 0.0971. The number of aromatic nitrogens is 2. The van der Waals surface area contributed by atoms with E-state index in [0.717, 1.165) is 10.3 Å². The summed E-state index contributed by atoms with van der Waals surface area (Å²) < 4.78 is 6.57. The molecule has 0 aliphatic heterocycles. The van der Waals surface area contributed by atoms with E-state index >= 15 is 0 Å². The number of pyridine rings is 1. The lowest BCUT2D eigenvalue weighted by atomic mass is 10.1. The number of ether oxygens (including phenoxy) is 1. The predicted octanol–water partition coefficient (Wildman–Crippen LogP) is 5.15. The van der Waals surface area contributed by atoms with E-state index in [1.165, 1.54) is 28.4 Å². The summed E-state index contributed by atoms with van der Waals surface area (Å²) in [5.74, 6) is 0.278. The SMILES string of the molecule is CCOc1cccc2sc(N(Cc3cccnc3)C(=O)c3cccc([N+](=O)[O-])c3C)nc12. The van der Waals surface area contributed by atoms with Crippen LogP contribution in [0.5, 0.6) is 5.75 Å². The number of nitrogens with zero attached hydrogens (tertiary/aromatic N) is 4. The first-order valence-corrected chi connectivity index (χ1v) is 10.8. The Labute approximate surface area is 188 Å². The number of carbonyl (C=O) groups is 1. The third-order valence-corrected chi connectivity index (χ3v) is 5.99. The number of amides is 1. The van der Waals surface area contributed by atoms with Gasteiger partial charge >= 0.3 is 0 Å². The highest BCUT2D eigenvalue weighted by atomic mass is 32.1. The number of rotatable bonds is 7. The lowest BCUT2D eigenvalue weighted by molar-refractivity contribution is -0.385. The molecule has 0 saturated carbocycles. The van der Waals surface area contributed by atoms with Gasteiger partial charge in [0.25, 0.3) is 11.6 Å². The lowest BCUT2D eigenvalue weighted by Crippen LogP contribution is -2.31. The number of thiazole rings is 1. The molecule has 0 saturated heterocycles. The maximum absolute atomic E-state index is 13.7. The van der Waals surface area contributed by atoms with Crippen LogP contribution in [0.3, 0.4) is 0 Å². The van der Waals surface area contributed by atoms with Crippen molar-refractivity contribution in [2.75, 3.05) is 11.5 Å². The zero-order valence-corrected chi connectivity index (χ0v) is 18.3. The summed E-state index contributed by atoms with van der Waals surface area (Å²) in [5.41, 5.74) is 1.96. The van der Waals surface area contributed by atoms with Crippen molar-refractivity contribution in [1.82, 2.24) is 9.97 Å². The summed E-state index contributed by atoms with van der Waals surface area (Å²) in [6.45, 7) is 4.20. The maximum Gasteiger partial charge on any atom is 0.273 e. The van der Waals surface area contributed by atoms with E-state index in [0.29, 0.717) is 28.6 Å². The molecule has 32 heavy (non-hydrogen) atoms. The first-order chi connectivity index (χ1) is 15.5. The molecule has 9 heteroatoms. The Morgan fingerprint density at radius 2 is 2.00 bits per heavy atom. The Balaban J connectivity index is 1.82. The fourth-order valence-electron chi connectivity index (χ4n) is 3.40. The molecule has 1 amide bonds. The quantitative estimate of drug-likeness (QED) is 0.286. The fourth-order valence-corrected chi connectivity index (χ4v) is 4.38.